The lowest BCUT2D eigenvalue weighted by Gasteiger charge is -2.06. The second-order valence-electron chi connectivity index (χ2n) is 6.70. The van der Waals surface area contributed by atoms with Crippen LogP contribution in [0.1, 0.15) is 33.7 Å². The van der Waals surface area contributed by atoms with E-state index >= 15 is 0 Å². The van der Waals surface area contributed by atoms with Gasteiger partial charge in [0.2, 0.25) is 0 Å². The van der Waals surface area contributed by atoms with Crippen LogP contribution >= 0.6 is 0 Å². The minimum atomic E-state index is -4.43. The van der Waals surface area contributed by atoms with Crippen LogP contribution in [0, 0.1) is 6.92 Å². The molecule has 0 aliphatic rings. The summed E-state index contributed by atoms with van der Waals surface area (Å²) in [5, 5.41) is 11.5. The molecule has 0 fully saturated rings. The quantitative estimate of drug-likeness (QED) is 0.552. The van der Waals surface area contributed by atoms with Gasteiger partial charge in [0.05, 0.1) is 11.1 Å². The number of carboxylic acids is 1. The highest BCUT2D eigenvalue weighted by Gasteiger charge is 2.30. The molecule has 2 N–H and O–H groups in total. The topological polar surface area (TPSA) is 79.5 Å². The van der Waals surface area contributed by atoms with Crippen molar-refractivity contribution in [2.24, 2.45) is 0 Å². The fourth-order valence-corrected chi connectivity index (χ4v) is 2.93. The fourth-order valence-electron chi connectivity index (χ4n) is 2.93. The highest BCUT2D eigenvalue weighted by Crippen LogP contribution is 2.32. The number of carbonyl (C=O) groups is 2. The summed E-state index contributed by atoms with van der Waals surface area (Å²) in [6, 6.07) is 12.8. The molecule has 0 aliphatic heterocycles. The number of aryl methyl sites for hydroxylation is 2. The Bertz CT molecular complexity index is 1070. The Morgan fingerprint density at radius 2 is 1.77 bits per heavy atom. The standard InChI is InChI=1S/C22H18F3NO4/c1-13-18(12-19(30-13)15-6-8-16(9-7-15)22(23,24)25)21(29)26-17-4-2-3-14(11-17)5-10-20(27)28/h2-4,6-9,11-12H,5,10H2,1H3,(H,26,29)(H,27,28). The molecule has 0 atom stereocenters. The number of nitrogens with one attached hydrogen (secondary N) is 1. The van der Waals surface area contributed by atoms with Crippen molar-refractivity contribution in [2.45, 2.75) is 25.9 Å². The minimum Gasteiger partial charge on any atom is -0.481 e. The Labute approximate surface area is 170 Å². The molecule has 0 radical (unpaired) electrons. The van der Waals surface area contributed by atoms with Gasteiger partial charge < -0.3 is 14.8 Å². The van der Waals surface area contributed by atoms with Gasteiger partial charge in [-0.15, -0.1) is 0 Å². The summed E-state index contributed by atoms with van der Waals surface area (Å²) in [4.78, 5) is 23.3. The summed E-state index contributed by atoms with van der Waals surface area (Å²) in [5.41, 5.74) is 1.17. The smallest absolute Gasteiger partial charge is 0.416 e. The summed E-state index contributed by atoms with van der Waals surface area (Å²) >= 11 is 0. The molecule has 1 aromatic heterocycles. The van der Waals surface area contributed by atoms with E-state index < -0.39 is 23.6 Å². The lowest BCUT2D eigenvalue weighted by Crippen LogP contribution is -2.12. The van der Waals surface area contributed by atoms with Gasteiger partial charge in [0.25, 0.3) is 5.91 Å². The van der Waals surface area contributed by atoms with Crippen molar-refractivity contribution in [3.8, 4) is 11.3 Å². The predicted octanol–water partition coefficient (Wildman–Crippen LogP) is 5.54. The third-order valence-electron chi connectivity index (χ3n) is 4.47. The van der Waals surface area contributed by atoms with Crippen LogP contribution in [0.4, 0.5) is 18.9 Å². The fraction of sp³-hybridized carbons (Fsp3) is 0.182. The first kappa shape index (κ1) is 21.2. The van der Waals surface area contributed by atoms with Crippen LogP contribution < -0.4 is 5.32 Å². The average molecular weight is 417 g/mol. The van der Waals surface area contributed by atoms with Crippen molar-refractivity contribution in [3.05, 3.63) is 77.0 Å². The van der Waals surface area contributed by atoms with Crippen molar-refractivity contribution >= 4 is 17.6 Å². The number of anilines is 1. The van der Waals surface area contributed by atoms with Crippen LogP contribution in [0.25, 0.3) is 11.3 Å². The summed E-state index contributed by atoms with van der Waals surface area (Å²) in [6.45, 7) is 1.59. The van der Waals surface area contributed by atoms with Crippen molar-refractivity contribution in [1.82, 2.24) is 0 Å². The molecule has 1 amide bonds. The molecule has 0 saturated carbocycles. The highest BCUT2D eigenvalue weighted by molar-refractivity contribution is 6.05. The van der Waals surface area contributed by atoms with E-state index in [-0.39, 0.29) is 17.7 Å². The number of benzene rings is 2. The number of carboxylic acid groups (broad SMARTS) is 1. The molecule has 3 rings (SSSR count). The number of hydrogen-bond acceptors (Lipinski definition) is 3. The maximum Gasteiger partial charge on any atom is 0.416 e. The zero-order valence-corrected chi connectivity index (χ0v) is 15.9. The number of rotatable bonds is 6. The van der Waals surface area contributed by atoms with E-state index in [1.165, 1.54) is 18.2 Å². The molecule has 0 spiro atoms. The van der Waals surface area contributed by atoms with Crippen LogP contribution in [0.5, 0.6) is 0 Å². The number of amides is 1. The van der Waals surface area contributed by atoms with Gasteiger partial charge in [-0.3, -0.25) is 9.59 Å². The molecular formula is C22H18F3NO4. The second-order valence-corrected chi connectivity index (χ2v) is 6.70. The van der Waals surface area contributed by atoms with Crippen LogP contribution in [0.15, 0.2) is 59.0 Å². The molecule has 0 unspecified atom stereocenters. The molecule has 3 aromatic rings. The van der Waals surface area contributed by atoms with E-state index in [1.54, 1.807) is 31.2 Å². The third kappa shape index (κ3) is 5.08. The molecule has 0 aliphatic carbocycles. The molecule has 8 heteroatoms. The van der Waals surface area contributed by atoms with Crippen LogP contribution in [-0.2, 0) is 17.4 Å². The largest absolute Gasteiger partial charge is 0.481 e. The van der Waals surface area contributed by atoms with Crippen molar-refractivity contribution in [3.63, 3.8) is 0 Å². The number of halogens is 3. The normalized spacial score (nSPS) is 11.3. The van der Waals surface area contributed by atoms with Gasteiger partial charge in [0.15, 0.2) is 0 Å². The number of aliphatic carboxylic acids is 1. The Morgan fingerprint density at radius 3 is 2.40 bits per heavy atom. The van der Waals surface area contributed by atoms with E-state index in [4.69, 9.17) is 9.52 Å². The van der Waals surface area contributed by atoms with Crippen molar-refractivity contribution < 1.29 is 32.3 Å². The summed E-state index contributed by atoms with van der Waals surface area (Å²) < 4.78 is 43.7. The van der Waals surface area contributed by atoms with E-state index in [2.05, 4.69) is 5.32 Å². The summed E-state index contributed by atoms with van der Waals surface area (Å²) in [7, 11) is 0. The Balaban J connectivity index is 1.76. The van der Waals surface area contributed by atoms with Gasteiger partial charge in [0, 0.05) is 17.7 Å². The minimum absolute atomic E-state index is 0.0191. The van der Waals surface area contributed by atoms with Crippen molar-refractivity contribution in [2.75, 3.05) is 5.32 Å². The lowest BCUT2D eigenvalue weighted by atomic mass is 10.1. The van der Waals surface area contributed by atoms with Crippen LogP contribution in [0.2, 0.25) is 0 Å². The molecule has 5 nitrogen and oxygen atoms in total. The molecule has 0 bridgehead atoms. The van der Waals surface area contributed by atoms with Crippen molar-refractivity contribution in [1.29, 1.82) is 0 Å². The maximum absolute atomic E-state index is 12.7. The lowest BCUT2D eigenvalue weighted by molar-refractivity contribution is -0.138. The SMILES string of the molecule is Cc1oc(-c2ccc(C(F)(F)F)cc2)cc1C(=O)Nc1cccc(CCC(=O)O)c1. The monoisotopic (exact) mass is 417 g/mol. The highest BCUT2D eigenvalue weighted by atomic mass is 19.4. The molecule has 2 aromatic carbocycles. The zero-order valence-electron chi connectivity index (χ0n) is 15.9. The van der Waals surface area contributed by atoms with Gasteiger partial charge in [-0.25, -0.2) is 0 Å². The van der Waals surface area contributed by atoms with E-state index in [9.17, 15) is 22.8 Å². The van der Waals surface area contributed by atoms with Gasteiger partial charge >= 0.3 is 12.1 Å². The molecular weight excluding hydrogens is 399 g/mol. The molecule has 0 saturated heterocycles. The Kier molecular flexibility index (Phi) is 5.96. The van der Waals surface area contributed by atoms with Gasteiger partial charge in [0.1, 0.15) is 11.5 Å². The van der Waals surface area contributed by atoms with Gasteiger partial charge in [-0.05, 0) is 49.2 Å². The van der Waals surface area contributed by atoms with Gasteiger partial charge in [-0.1, -0.05) is 24.3 Å². The maximum atomic E-state index is 12.7. The second kappa shape index (κ2) is 8.44. The zero-order chi connectivity index (χ0) is 21.9. The van der Waals surface area contributed by atoms with E-state index in [0.717, 1.165) is 17.7 Å². The van der Waals surface area contributed by atoms with Gasteiger partial charge in [-0.2, -0.15) is 13.2 Å². The molecule has 1 heterocycles. The first-order valence-corrected chi connectivity index (χ1v) is 9.03. The third-order valence-corrected chi connectivity index (χ3v) is 4.47. The van der Waals surface area contributed by atoms with E-state index in [1.807, 2.05) is 0 Å². The number of hydrogen-bond donors (Lipinski definition) is 2. The van der Waals surface area contributed by atoms with Crippen LogP contribution in [0.3, 0.4) is 0 Å². The molecule has 156 valence electrons. The van der Waals surface area contributed by atoms with E-state index in [0.29, 0.717) is 23.4 Å². The molecule has 30 heavy (non-hydrogen) atoms. The first-order valence-electron chi connectivity index (χ1n) is 9.03. The first-order chi connectivity index (χ1) is 14.1. The Hall–Kier alpha value is -3.55. The number of furan rings is 1. The Morgan fingerprint density at radius 1 is 1.07 bits per heavy atom. The predicted molar refractivity (Wildman–Crippen MR) is 104 cm³/mol. The number of alkyl halides is 3. The summed E-state index contributed by atoms with van der Waals surface area (Å²) in [5.74, 6) is -0.745. The van der Waals surface area contributed by atoms with Crippen LogP contribution in [-0.4, -0.2) is 17.0 Å². The average Bonchev–Trinajstić information content (AvgIpc) is 3.08. The number of carbonyl (C=O) groups excluding carboxylic acids is 1. The summed E-state index contributed by atoms with van der Waals surface area (Å²) in [6.07, 6.45) is -4.11.